The van der Waals surface area contributed by atoms with Crippen LogP contribution in [0.4, 0.5) is 17.1 Å². The molecule has 6 nitrogen and oxygen atoms in total. The van der Waals surface area contributed by atoms with E-state index < -0.39 is 0 Å². The molecule has 26 heavy (non-hydrogen) atoms. The van der Waals surface area contributed by atoms with Gasteiger partial charge in [-0.15, -0.1) is 0 Å². The van der Waals surface area contributed by atoms with Gasteiger partial charge in [-0.3, -0.25) is 10.1 Å². The molecule has 3 rings (SSSR count). The molecule has 6 heteroatoms. The first kappa shape index (κ1) is 18.0. The van der Waals surface area contributed by atoms with Gasteiger partial charge in [0.2, 0.25) is 0 Å². The molecule has 138 valence electrons. The molecule has 1 fully saturated rings. The maximum Gasteiger partial charge on any atom is 0.292 e. The molecule has 2 aromatic rings. The smallest absolute Gasteiger partial charge is 0.292 e. The second kappa shape index (κ2) is 8.08. The Morgan fingerprint density at radius 1 is 1.23 bits per heavy atom. The van der Waals surface area contributed by atoms with Crippen LogP contribution in [0.3, 0.4) is 0 Å². The fraction of sp³-hybridized carbons (Fsp3) is 0.400. The topological polar surface area (TPSA) is 67.6 Å². The average Bonchev–Trinajstić information content (AvgIpc) is 2.67. The van der Waals surface area contributed by atoms with Crippen molar-refractivity contribution >= 4 is 17.1 Å². The fourth-order valence-corrected chi connectivity index (χ4v) is 3.44. The van der Waals surface area contributed by atoms with E-state index >= 15 is 0 Å². The number of nitrogens with zero attached hydrogens (tertiary/aromatic N) is 2. The van der Waals surface area contributed by atoms with Crippen molar-refractivity contribution in [2.45, 2.75) is 38.8 Å². The Labute approximate surface area is 153 Å². The molecule has 0 saturated carbocycles. The number of nitrogens with one attached hydrogen (secondary N) is 1. The molecule has 1 N–H and O–H groups in total. The van der Waals surface area contributed by atoms with Crippen LogP contribution >= 0.6 is 0 Å². The number of anilines is 2. The van der Waals surface area contributed by atoms with Gasteiger partial charge in [0.25, 0.3) is 5.69 Å². The molecule has 0 spiro atoms. The molecule has 1 atom stereocenters. The maximum atomic E-state index is 11.6. The number of benzene rings is 2. The lowest BCUT2D eigenvalue weighted by molar-refractivity contribution is -0.384. The van der Waals surface area contributed by atoms with E-state index in [1.165, 1.54) is 6.42 Å². The lowest BCUT2D eigenvalue weighted by Crippen LogP contribution is -2.37. The van der Waals surface area contributed by atoms with Crippen LogP contribution in [0.25, 0.3) is 0 Å². The Balaban J connectivity index is 1.76. The summed E-state index contributed by atoms with van der Waals surface area (Å²) >= 11 is 0. The van der Waals surface area contributed by atoms with E-state index in [0.29, 0.717) is 12.6 Å². The number of nitro benzene ring substituents is 1. The second-order valence-corrected chi connectivity index (χ2v) is 6.70. The van der Waals surface area contributed by atoms with Crippen molar-refractivity contribution in [2.24, 2.45) is 0 Å². The van der Waals surface area contributed by atoms with Gasteiger partial charge < -0.3 is 15.0 Å². The van der Waals surface area contributed by atoms with E-state index in [-0.39, 0.29) is 10.6 Å². The zero-order chi connectivity index (χ0) is 18.5. The van der Waals surface area contributed by atoms with Gasteiger partial charge in [-0.1, -0.05) is 6.07 Å². The zero-order valence-electron chi connectivity index (χ0n) is 15.3. The van der Waals surface area contributed by atoms with Gasteiger partial charge >= 0.3 is 0 Å². The average molecular weight is 355 g/mol. The summed E-state index contributed by atoms with van der Waals surface area (Å²) in [5.74, 6) is 0.797. The minimum absolute atomic E-state index is 0.188. The lowest BCUT2D eigenvalue weighted by Gasteiger charge is -2.35. The Kier molecular flexibility index (Phi) is 5.61. The maximum absolute atomic E-state index is 11.6. The van der Waals surface area contributed by atoms with Crippen LogP contribution in [0.5, 0.6) is 5.75 Å². The van der Waals surface area contributed by atoms with E-state index in [4.69, 9.17) is 4.74 Å². The summed E-state index contributed by atoms with van der Waals surface area (Å²) < 4.78 is 5.15. The van der Waals surface area contributed by atoms with Crippen molar-refractivity contribution in [1.82, 2.24) is 0 Å². The zero-order valence-corrected chi connectivity index (χ0v) is 15.3. The third kappa shape index (κ3) is 4.07. The third-order valence-electron chi connectivity index (χ3n) is 4.94. The molecule has 0 aromatic heterocycles. The molecule has 0 radical (unpaired) electrons. The molecular weight excluding hydrogens is 330 g/mol. The molecule has 0 aliphatic carbocycles. The number of nitro groups is 1. The number of ether oxygens (including phenoxy) is 1. The summed E-state index contributed by atoms with van der Waals surface area (Å²) in [5, 5.41) is 14.9. The van der Waals surface area contributed by atoms with Crippen LogP contribution < -0.4 is 15.0 Å². The number of hydrogen-bond donors (Lipinski definition) is 1. The number of piperidine rings is 1. The minimum atomic E-state index is -0.270. The first-order valence-corrected chi connectivity index (χ1v) is 9.00. The molecule has 1 saturated heterocycles. The monoisotopic (exact) mass is 355 g/mol. The van der Waals surface area contributed by atoms with Gasteiger partial charge in [0.05, 0.1) is 12.0 Å². The van der Waals surface area contributed by atoms with E-state index in [2.05, 4.69) is 17.1 Å². The van der Waals surface area contributed by atoms with Gasteiger partial charge in [-0.2, -0.15) is 0 Å². The third-order valence-corrected chi connectivity index (χ3v) is 4.94. The van der Waals surface area contributed by atoms with Crippen LogP contribution in [0.2, 0.25) is 0 Å². The summed E-state index contributed by atoms with van der Waals surface area (Å²) in [4.78, 5) is 13.5. The van der Waals surface area contributed by atoms with Crippen molar-refractivity contribution in [3.63, 3.8) is 0 Å². The van der Waals surface area contributed by atoms with E-state index in [0.717, 1.165) is 42.1 Å². The Morgan fingerprint density at radius 2 is 2.00 bits per heavy atom. The number of methoxy groups -OCH3 is 1. The first-order chi connectivity index (χ1) is 12.6. The molecule has 1 aliphatic heterocycles. The predicted molar refractivity (Wildman–Crippen MR) is 104 cm³/mol. The van der Waals surface area contributed by atoms with Gasteiger partial charge in [-0.05, 0) is 62.1 Å². The number of rotatable bonds is 6. The van der Waals surface area contributed by atoms with Crippen molar-refractivity contribution in [3.05, 3.63) is 58.1 Å². The number of hydrogen-bond acceptors (Lipinski definition) is 5. The van der Waals surface area contributed by atoms with E-state index in [9.17, 15) is 10.1 Å². The van der Waals surface area contributed by atoms with Crippen molar-refractivity contribution in [1.29, 1.82) is 0 Å². The molecule has 2 aromatic carbocycles. The van der Waals surface area contributed by atoms with Gasteiger partial charge in [0.15, 0.2) is 0 Å². The Hall–Kier alpha value is -2.76. The molecular formula is C20H25N3O3. The van der Waals surface area contributed by atoms with Crippen LogP contribution in [-0.2, 0) is 6.54 Å². The first-order valence-electron chi connectivity index (χ1n) is 9.00. The standard InChI is InChI=1S/C20H25N3O3/c1-15-5-3-4-12-22(15)19-11-6-16(13-20(19)23(24)25)14-21-17-7-9-18(26-2)10-8-17/h6-11,13,15,21H,3-5,12,14H2,1-2H3/t15-/m1/s1. The van der Waals surface area contributed by atoms with Crippen LogP contribution in [-0.4, -0.2) is 24.6 Å². The van der Waals surface area contributed by atoms with Crippen molar-refractivity contribution in [3.8, 4) is 5.75 Å². The molecule has 0 bridgehead atoms. The molecule has 1 heterocycles. The highest BCUT2D eigenvalue weighted by atomic mass is 16.6. The van der Waals surface area contributed by atoms with Crippen LogP contribution in [0.1, 0.15) is 31.7 Å². The van der Waals surface area contributed by atoms with Gasteiger partial charge in [0, 0.05) is 30.9 Å². The minimum Gasteiger partial charge on any atom is -0.497 e. The quantitative estimate of drug-likeness (QED) is 0.606. The highest BCUT2D eigenvalue weighted by Gasteiger charge is 2.25. The van der Waals surface area contributed by atoms with Crippen molar-refractivity contribution < 1.29 is 9.66 Å². The summed E-state index contributed by atoms with van der Waals surface area (Å²) in [7, 11) is 1.63. The Bertz CT molecular complexity index is 761. The summed E-state index contributed by atoms with van der Waals surface area (Å²) in [6.07, 6.45) is 3.36. The fourth-order valence-electron chi connectivity index (χ4n) is 3.44. The van der Waals surface area contributed by atoms with Gasteiger partial charge in [-0.25, -0.2) is 0 Å². The predicted octanol–water partition coefficient (Wildman–Crippen LogP) is 4.59. The van der Waals surface area contributed by atoms with Crippen LogP contribution in [0, 0.1) is 10.1 Å². The SMILES string of the molecule is COc1ccc(NCc2ccc(N3CCCC[C@H]3C)c([N+](=O)[O-])c2)cc1. The lowest BCUT2D eigenvalue weighted by atomic mass is 10.0. The van der Waals surface area contributed by atoms with E-state index in [1.54, 1.807) is 13.2 Å². The largest absolute Gasteiger partial charge is 0.497 e. The highest BCUT2D eigenvalue weighted by Crippen LogP contribution is 2.33. The summed E-state index contributed by atoms with van der Waals surface area (Å²) in [6.45, 7) is 3.55. The van der Waals surface area contributed by atoms with Gasteiger partial charge in [0.1, 0.15) is 11.4 Å². The molecule has 1 aliphatic rings. The molecule has 0 amide bonds. The summed E-state index contributed by atoms with van der Waals surface area (Å²) in [5.41, 5.74) is 2.76. The summed E-state index contributed by atoms with van der Waals surface area (Å²) in [6, 6.07) is 13.5. The Morgan fingerprint density at radius 3 is 2.65 bits per heavy atom. The van der Waals surface area contributed by atoms with Crippen molar-refractivity contribution in [2.75, 3.05) is 23.9 Å². The highest BCUT2D eigenvalue weighted by molar-refractivity contribution is 5.65. The second-order valence-electron chi connectivity index (χ2n) is 6.70. The molecule has 0 unspecified atom stereocenters. The normalized spacial score (nSPS) is 17.0. The van der Waals surface area contributed by atoms with E-state index in [1.807, 2.05) is 36.4 Å². The van der Waals surface area contributed by atoms with Crippen LogP contribution in [0.15, 0.2) is 42.5 Å².